The Bertz CT molecular complexity index is 319. The predicted octanol–water partition coefficient (Wildman–Crippen LogP) is 3.37. The Kier molecular flexibility index (Phi) is 5.48. The number of hydrogen-bond donors (Lipinski definition) is 2. The third-order valence-corrected chi connectivity index (χ3v) is 5.24. The van der Waals surface area contributed by atoms with Crippen LogP contribution in [-0.4, -0.2) is 18.0 Å². The van der Waals surface area contributed by atoms with Crippen LogP contribution in [0, 0.1) is 11.3 Å². The maximum Gasteiger partial charge on any atom is 0.220 e. The van der Waals surface area contributed by atoms with Crippen molar-refractivity contribution < 1.29 is 4.79 Å². The van der Waals surface area contributed by atoms with E-state index in [1.165, 1.54) is 25.7 Å². The number of rotatable bonds is 4. The smallest absolute Gasteiger partial charge is 0.220 e. The van der Waals surface area contributed by atoms with Gasteiger partial charge < -0.3 is 11.1 Å². The number of carbonyl (C=O) groups is 1. The van der Waals surface area contributed by atoms with E-state index in [1.54, 1.807) is 0 Å². The Morgan fingerprint density at radius 3 is 2.55 bits per heavy atom. The lowest BCUT2D eigenvalue weighted by Crippen LogP contribution is -2.40. The monoisotopic (exact) mass is 280 g/mol. The van der Waals surface area contributed by atoms with Crippen LogP contribution in [-0.2, 0) is 4.79 Å². The predicted molar refractivity (Wildman–Crippen MR) is 83.3 cm³/mol. The number of nitrogens with one attached hydrogen (secondary N) is 1. The van der Waals surface area contributed by atoms with Gasteiger partial charge in [-0.25, -0.2) is 0 Å². The first-order valence-corrected chi connectivity index (χ1v) is 8.49. The van der Waals surface area contributed by atoms with E-state index in [0.29, 0.717) is 23.9 Å². The van der Waals surface area contributed by atoms with Gasteiger partial charge in [0.05, 0.1) is 0 Å². The highest BCUT2D eigenvalue weighted by atomic mass is 16.1. The summed E-state index contributed by atoms with van der Waals surface area (Å²) in [6.07, 6.45) is 11.3. The van der Waals surface area contributed by atoms with Crippen molar-refractivity contribution in [1.29, 1.82) is 0 Å². The van der Waals surface area contributed by atoms with Crippen molar-refractivity contribution in [3.05, 3.63) is 0 Å². The van der Waals surface area contributed by atoms with Crippen LogP contribution in [0.25, 0.3) is 0 Å². The van der Waals surface area contributed by atoms with Crippen LogP contribution in [0.1, 0.15) is 78.1 Å². The molecule has 3 heteroatoms. The van der Waals surface area contributed by atoms with E-state index in [1.807, 2.05) is 0 Å². The number of nitrogens with two attached hydrogens (primary N) is 1. The van der Waals surface area contributed by atoms with Crippen LogP contribution in [0.4, 0.5) is 0 Å². The van der Waals surface area contributed by atoms with Crippen molar-refractivity contribution in [3.8, 4) is 0 Å². The molecule has 3 N–H and O–H groups in total. The van der Waals surface area contributed by atoms with E-state index in [-0.39, 0.29) is 5.91 Å². The topological polar surface area (TPSA) is 55.1 Å². The Morgan fingerprint density at radius 2 is 1.90 bits per heavy atom. The van der Waals surface area contributed by atoms with Gasteiger partial charge in [0.15, 0.2) is 0 Å². The van der Waals surface area contributed by atoms with E-state index in [0.717, 1.165) is 38.0 Å². The Balaban J connectivity index is 1.65. The zero-order chi connectivity index (χ0) is 14.6. The lowest BCUT2D eigenvalue weighted by Gasteiger charge is -2.35. The van der Waals surface area contributed by atoms with Gasteiger partial charge in [-0.1, -0.05) is 20.3 Å². The summed E-state index contributed by atoms with van der Waals surface area (Å²) < 4.78 is 0. The van der Waals surface area contributed by atoms with Crippen molar-refractivity contribution in [2.24, 2.45) is 17.1 Å². The summed E-state index contributed by atoms with van der Waals surface area (Å²) in [6, 6.07) is 0.815. The van der Waals surface area contributed by atoms with E-state index >= 15 is 0 Å². The van der Waals surface area contributed by atoms with Gasteiger partial charge in [0.25, 0.3) is 0 Å². The lowest BCUT2D eigenvalue weighted by atomic mass is 9.75. The van der Waals surface area contributed by atoms with Crippen molar-refractivity contribution in [1.82, 2.24) is 5.32 Å². The fourth-order valence-corrected chi connectivity index (χ4v) is 3.93. The molecule has 1 unspecified atom stereocenters. The number of carbonyl (C=O) groups excluding carboxylic acids is 1. The summed E-state index contributed by atoms with van der Waals surface area (Å²) in [4.78, 5) is 12.1. The zero-order valence-electron chi connectivity index (χ0n) is 13.3. The molecule has 0 aromatic carbocycles. The van der Waals surface area contributed by atoms with Crippen molar-refractivity contribution >= 4 is 5.91 Å². The van der Waals surface area contributed by atoms with Crippen LogP contribution in [0.15, 0.2) is 0 Å². The zero-order valence-corrected chi connectivity index (χ0v) is 13.3. The summed E-state index contributed by atoms with van der Waals surface area (Å²) in [6.45, 7) is 4.63. The SMILES string of the molecule is CC1(C)CCCC(NC(=O)CCC2CCC(N)CC2)C1. The maximum absolute atomic E-state index is 12.1. The fourth-order valence-electron chi connectivity index (χ4n) is 3.93. The first-order chi connectivity index (χ1) is 9.44. The molecule has 0 aromatic heterocycles. The normalized spacial score (nSPS) is 33.6. The standard InChI is InChI=1S/C17H32N2O/c1-17(2)11-3-4-15(12-17)19-16(20)10-7-13-5-8-14(18)9-6-13/h13-15H,3-12,18H2,1-2H3,(H,19,20). The van der Waals surface area contributed by atoms with Gasteiger partial charge in [-0.3, -0.25) is 4.79 Å². The van der Waals surface area contributed by atoms with Crippen LogP contribution >= 0.6 is 0 Å². The number of amides is 1. The quantitative estimate of drug-likeness (QED) is 0.829. The molecule has 2 aliphatic rings. The van der Waals surface area contributed by atoms with Gasteiger partial charge in [0, 0.05) is 18.5 Å². The molecular formula is C17H32N2O. The molecule has 0 saturated heterocycles. The Labute approximate surface area is 124 Å². The lowest BCUT2D eigenvalue weighted by molar-refractivity contribution is -0.122. The summed E-state index contributed by atoms with van der Waals surface area (Å²) >= 11 is 0. The van der Waals surface area contributed by atoms with Gasteiger partial charge in [-0.15, -0.1) is 0 Å². The largest absolute Gasteiger partial charge is 0.353 e. The first kappa shape index (κ1) is 15.8. The molecule has 1 amide bonds. The molecule has 2 aliphatic carbocycles. The van der Waals surface area contributed by atoms with Crippen LogP contribution in [0.3, 0.4) is 0 Å². The van der Waals surface area contributed by atoms with Crippen molar-refractivity contribution in [2.75, 3.05) is 0 Å². The second-order valence-electron chi connectivity index (χ2n) is 7.84. The van der Waals surface area contributed by atoms with Crippen LogP contribution in [0.2, 0.25) is 0 Å². The molecule has 2 fully saturated rings. The molecule has 0 aromatic rings. The molecule has 2 saturated carbocycles. The highest BCUT2D eigenvalue weighted by Gasteiger charge is 2.28. The molecule has 1 atom stereocenters. The third kappa shape index (κ3) is 5.08. The molecule has 3 nitrogen and oxygen atoms in total. The molecule has 0 bridgehead atoms. The van der Waals surface area contributed by atoms with Gasteiger partial charge in [-0.2, -0.15) is 0 Å². The van der Waals surface area contributed by atoms with E-state index in [9.17, 15) is 4.79 Å². The molecular weight excluding hydrogens is 248 g/mol. The van der Waals surface area contributed by atoms with E-state index in [4.69, 9.17) is 5.73 Å². The van der Waals surface area contributed by atoms with Crippen LogP contribution < -0.4 is 11.1 Å². The summed E-state index contributed by atoms with van der Waals surface area (Å²) in [5, 5.41) is 3.26. The fraction of sp³-hybridized carbons (Fsp3) is 0.941. The van der Waals surface area contributed by atoms with Crippen molar-refractivity contribution in [3.63, 3.8) is 0 Å². The Morgan fingerprint density at radius 1 is 1.20 bits per heavy atom. The van der Waals surface area contributed by atoms with Crippen LogP contribution in [0.5, 0.6) is 0 Å². The summed E-state index contributed by atoms with van der Waals surface area (Å²) in [5.74, 6) is 0.992. The second-order valence-corrected chi connectivity index (χ2v) is 7.84. The summed E-state index contributed by atoms with van der Waals surface area (Å²) in [5.41, 5.74) is 6.32. The minimum Gasteiger partial charge on any atom is -0.353 e. The molecule has 20 heavy (non-hydrogen) atoms. The van der Waals surface area contributed by atoms with Crippen molar-refractivity contribution in [2.45, 2.75) is 90.1 Å². The first-order valence-electron chi connectivity index (χ1n) is 8.49. The third-order valence-electron chi connectivity index (χ3n) is 5.24. The second kappa shape index (κ2) is 6.93. The molecule has 0 heterocycles. The highest BCUT2D eigenvalue weighted by Crippen LogP contribution is 2.35. The molecule has 116 valence electrons. The summed E-state index contributed by atoms with van der Waals surface area (Å²) in [7, 11) is 0. The van der Waals surface area contributed by atoms with Gasteiger partial charge in [0.1, 0.15) is 0 Å². The van der Waals surface area contributed by atoms with E-state index in [2.05, 4.69) is 19.2 Å². The van der Waals surface area contributed by atoms with E-state index < -0.39 is 0 Å². The minimum absolute atomic E-state index is 0.266. The molecule has 2 rings (SSSR count). The van der Waals surface area contributed by atoms with Gasteiger partial charge >= 0.3 is 0 Å². The minimum atomic E-state index is 0.266. The van der Waals surface area contributed by atoms with Gasteiger partial charge in [0.2, 0.25) is 5.91 Å². The highest BCUT2D eigenvalue weighted by molar-refractivity contribution is 5.76. The molecule has 0 radical (unpaired) electrons. The maximum atomic E-state index is 12.1. The molecule has 0 spiro atoms. The molecule has 0 aliphatic heterocycles. The van der Waals surface area contributed by atoms with Gasteiger partial charge in [-0.05, 0) is 62.7 Å². The average Bonchev–Trinajstić information content (AvgIpc) is 2.37. The average molecular weight is 280 g/mol. The number of hydrogen-bond acceptors (Lipinski definition) is 2. The Hall–Kier alpha value is -0.570.